The number of ether oxygens (including phenoxy) is 1. The van der Waals surface area contributed by atoms with Crippen molar-refractivity contribution in [3.8, 4) is 0 Å². The first-order valence-corrected chi connectivity index (χ1v) is 7.82. The molecule has 3 nitrogen and oxygen atoms in total. The lowest BCUT2D eigenvalue weighted by molar-refractivity contribution is 0.102. The molecule has 20 heavy (non-hydrogen) atoms. The van der Waals surface area contributed by atoms with Gasteiger partial charge < -0.3 is 10.1 Å². The molecule has 1 saturated carbocycles. The average Bonchev–Trinajstić information content (AvgIpc) is 3.26. The molecular weight excluding hydrogens is 248 g/mol. The second kappa shape index (κ2) is 8.40. The van der Waals surface area contributed by atoms with Crippen LogP contribution in [0.4, 0.5) is 0 Å². The Bertz CT molecular complexity index is 390. The standard InChI is InChI=1S/C17H28N2O/c1-3-18-12-16-5-4-6-17(11-16)13-19(2)9-10-20-14-15-7-8-15/h4-6,11,15,18H,3,7-10,12-14H2,1-2H3. The van der Waals surface area contributed by atoms with Crippen molar-refractivity contribution in [2.75, 3.05) is 33.4 Å². The van der Waals surface area contributed by atoms with Crippen molar-refractivity contribution in [1.82, 2.24) is 10.2 Å². The Balaban J connectivity index is 1.67. The predicted molar refractivity (Wildman–Crippen MR) is 83.7 cm³/mol. The Hall–Kier alpha value is -0.900. The summed E-state index contributed by atoms with van der Waals surface area (Å²) in [4.78, 5) is 2.33. The molecule has 0 unspecified atom stereocenters. The highest BCUT2D eigenvalue weighted by molar-refractivity contribution is 5.23. The number of nitrogens with one attached hydrogen (secondary N) is 1. The summed E-state index contributed by atoms with van der Waals surface area (Å²) in [5.74, 6) is 0.864. The smallest absolute Gasteiger partial charge is 0.0593 e. The van der Waals surface area contributed by atoms with Crippen LogP contribution in [0.15, 0.2) is 24.3 Å². The van der Waals surface area contributed by atoms with Crippen LogP contribution in [0.2, 0.25) is 0 Å². The van der Waals surface area contributed by atoms with Crippen LogP contribution in [0.1, 0.15) is 30.9 Å². The maximum atomic E-state index is 5.69. The molecule has 0 heterocycles. The molecule has 1 aliphatic rings. The first-order valence-electron chi connectivity index (χ1n) is 7.82. The Kier molecular flexibility index (Phi) is 6.51. The maximum absolute atomic E-state index is 5.69. The van der Waals surface area contributed by atoms with Crippen molar-refractivity contribution in [2.45, 2.75) is 32.9 Å². The summed E-state index contributed by atoms with van der Waals surface area (Å²) in [5.41, 5.74) is 2.74. The predicted octanol–water partition coefficient (Wildman–Crippen LogP) is 2.65. The number of rotatable bonds is 10. The zero-order valence-electron chi connectivity index (χ0n) is 12.9. The van der Waals surface area contributed by atoms with Crippen molar-refractivity contribution in [1.29, 1.82) is 0 Å². The molecule has 0 aliphatic heterocycles. The van der Waals surface area contributed by atoms with Crippen LogP contribution in [0.3, 0.4) is 0 Å². The van der Waals surface area contributed by atoms with Gasteiger partial charge in [0, 0.05) is 26.2 Å². The number of hydrogen-bond acceptors (Lipinski definition) is 3. The number of benzene rings is 1. The fraction of sp³-hybridized carbons (Fsp3) is 0.647. The third-order valence-electron chi connectivity index (χ3n) is 3.69. The molecule has 1 fully saturated rings. The van der Waals surface area contributed by atoms with Gasteiger partial charge in [0.15, 0.2) is 0 Å². The first-order chi connectivity index (χ1) is 9.78. The molecule has 0 bridgehead atoms. The molecule has 0 radical (unpaired) electrons. The summed E-state index contributed by atoms with van der Waals surface area (Å²) >= 11 is 0. The molecule has 1 aromatic carbocycles. The lowest BCUT2D eigenvalue weighted by Gasteiger charge is -2.17. The number of nitrogens with zero attached hydrogens (tertiary/aromatic N) is 1. The molecular formula is C17H28N2O. The minimum Gasteiger partial charge on any atom is -0.380 e. The molecule has 3 heteroatoms. The molecule has 0 atom stereocenters. The fourth-order valence-corrected chi connectivity index (χ4v) is 2.25. The Morgan fingerprint density at radius 1 is 1.30 bits per heavy atom. The molecule has 1 aromatic rings. The highest BCUT2D eigenvalue weighted by atomic mass is 16.5. The zero-order valence-corrected chi connectivity index (χ0v) is 12.9. The monoisotopic (exact) mass is 276 g/mol. The fourth-order valence-electron chi connectivity index (χ4n) is 2.25. The highest BCUT2D eigenvalue weighted by Gasteiger charge is 2.20. The van der Waals surface area contributed by atoms with E-state index >= 15 is 0 Å². The van der Waals surface area contributed by atoms with Crippen molar-refractivity contribution in [3.05, 3.63) is 35.4 Å². The topological polar surface area (TPSA) is 24.5 Å². The molecule has 2 rings (SSSR count). The van der Waals surface area contributed by atoms with E-state index in [-0.39, 0.29) is 0 Å². The third-order valence-corrected chi connectivity index (χ3v) is 3.69. The summed E-state index contributed by atoms with van der Waals surface area (Å²) in [5, 5.41) is 3.37. The molecule has 0 saturated heterocycles. The average molecular weight is 276 g/mol. The van der Waals surface area contributed by atoms with Crippen LogP contribution in [0.25, 0.3) is 0 Å². The molecule has 0 aromatic heterocycles. The normalized spacial score (nSPS) is 14.9. The quantitative estimate of drug-likeness (QED) is 0.665. The maximum Gasteiger partial charge on any atom is 0.0593 e. The van der Waals surface area contributed by atoms with Crippen LogP contribution in [-0.4, -0.2) is 38.3 Å². The summed E-state index contributed by atoms with van der Waals surface area (Å²) in [6.45, 7) is 7.92. The van der Waals surface area contributed by atoms with Gasteiger partial charge in [-0.3, -0.25) is 4.90 Å². The molecule has 1 aliphatic carbocycles. The Morgan fingerprint density at radius 3 is 2.85 bits per heavy atom. The van der Waals surface area contributed by atoms with Gasteiger partial charge in [0.2, 0.25) is 0 Å². The van der Waals surface area contributed by atoms with Crippen molar-refractivity contribution in [3.63, 3.8) is 0 Å². The van der Waals surface area contributed by atoms with Crippen molar-refractivity contribution < 1.29 is 4.74 Å². The van der Waals surface area contributed by atoms with Crippen LogP contribution >= 0.6 is 0 Å². The Labute approximate surface area is 123 Å². The van der Waals surface area contributed by atoms with Crippen molar-refractivity contribution in [2.24, 2.45) is 5.92 Å². The second-order valence-electron chi connectivity index (χ2n) is 5.86. The van der Waals surface area contributed by atoms with Crippen LogP contribution in [0, 0.1) is 5.92 Å². The van der Waals surface area contributed by atoms with Crippen molar-refractivity contribution >= 4 is 0 Å². The minimum absolute atomic E-state index is 0.851. The van der Waals surface area contributed by atoms with E-state index in [0.717, 1.165) is 45.3 Å². The largest absolute Gasteiger partial charge is 0.380 e. The van der Waals surface area contributed by atoms with Crippen LogP contribution in [0.5, 0.6) is 0 Å². The van der Waals surface area contributed by atoms with Gasteiger partial charge in [-0.2, -0.15) is 0 Å². The lowest BCUT2D eigenvalue weighted by Crippen LogP contribution is -2.23. The van der Waals surface area contributed by atoms with Gasteiger partial charge in [-0.05, 0) is 43.5 Å². The van der Waals surface area contributed by atoms with Gasteiger partial charge >= 0.3 is 0 Å². The van der Waals surface area contributed by atoms with E-state index in [9.17, 15) is 0 Å². The summed E-state index contributed by atoms with van der Waals surface area (Å²) < 4.78 is 5.69. The zero-order chi connectivity index (χ0) is 14.2. The van der Waals surface area contributed by atoms with Gasteiger partial charge in [-0.1, -0.05) is 31.2 Å². The molecule has 0 spiro atoms. The van der Waals surface area contributed by atoms with Gasteiger partial charge in [0.1, 0.15) is 0 Å². The molecule has 112 valence electrons. The minimum atomic E-state index is 0.851. The highest BCUT2D eigenvalue weighted by Crippen LogP contribution is 2.28. The summed E-state index contributed by atoms with van der Waals surface area (Å²) in [6.07, 6.45) is 2.74. The second-order valence-corrected chi connectivity index (χ2v) is 5.86. The lowest BCUT2D eigenvalue weighted by atomic mass is 10.1. The van der Waals surface area contributed by atoms with E-state index in [1.165, 1.54) is 24.0 Å². The van der Waals surface area contributed by atoms with Gasteiger partial charge in [0.05, 0.1) is 6.61 Å². The van der Waals surface area contributed by atoms with Gasteiger partial charge in [0.25, 0.3) is 0 Å². The van der Waals surface area contributed by atoms with E-state index in [4.69, 9.17) is 4.74 Å². The van der Waals surface area contributed by atoms with E-state index in [0.29, 0.717) is 0 Å². The molecule has 1 N–H and O–H groups in total. The SMILES string of the molecule is CCNCc1cccc(CN(C)CCOCC2CC2)c1. The van der Waals surface area contributed by atoms with E-state index in [1.807, 2.05) is 0 Å². The summed E-state index contributed by atoms with van der Waals surface area (Å²) in [7, 11) is 2.16. The van der Waals surface area contributed by atoms with Crippen LogP contribution in [-0.2, 0) is 17.8 Å². The van der Waals surface area contributed by atoms with E-state index < -0.39 is 0 Å². The first kappa shape index (κ1) is 15.5. The van der Waals surface area contributed by atoms with E-state index in [2.05, 4.69) is 48.5 Å². The van der Waals surface area contributed by atoms with Gasteiger partial charge in [-0.25, -0.2) is 0 Å². The van der Waals surface area contributed by atoms with Crippen LogP contribution < -0.4 is 5.32 Å². The van der Waals surface area contributed by atoms with E-state index in [1.54, 1.807) is 0 Å². The number of likely N-dealkylation sites (N-methyl/N-ethyl adjacent to an activating group) is 1. The Morgan fingerprint density at radius 2 is 2.10 bits per heavy atom. The van der Waals surface area contributed by atoms with Gasteiger partial charge in [-0.15, -0.1) is 0 Å². The summed E-state index contributed by atoms with van der Waals surface area (Å²) in [6, 6.07) is 8.84. The number of hydrogen-bond donors (Lipinski definition) is 1. The molecule has 0 amide bonds. The third kappa shape index (κ3) is 6.04.